The number of nitrogens with zero attached hydrogens (tertiary/aromatic N) is 1. The Morgan fingerprint density at radius 2 is 1.81 bits per heavy atom. The van der Waals surface area contributed by atoms with Crippen LogP contribution >= 0.6 is 11.3 Å². The Morgan fingerprint density at radius 3 is 2.50 bits per heavy atom. The lowest BCUT2D eigenvalue weighted by molar-refractivity contribution is -0.137. The number of thiazole rings is 1. The summed E-state index contributed by atoms with van der Waals surface area (Å²) < 4.78 is 14.0. The van der Waals surface area contributed by atoms with Gasteiger partial charge < -0.3 is 10.4 Å². The third kappa shape index (κ3) is 4.12. The number of aliphatic carboxylic acids is 1. The van der Waals surface area contributed by atoms with Crippen LogP contribution in [0.5, 0.6) is 0 Å². The molecule has 5 nitrogen and oxygen atoms in total. The molecule has 3 aromatic rings. The first-order valence-electron chi connectivity index (χ1n) is 7.82. The molecule has 132 valence electrons. The second-order valence-corrected chi connectivity index (χ2v) is 6.41. The summed E-state index contributed by atoms with van der Waals surface area (Å²) in [5, 5.41) is 13.6. The third-order valence-corrected chi connectivity index (χ3v) is 4.57. The minimum atomic E-state index is -1.14. The van der Waals surface area contributed by atoms with Crippen molar-refractivity contribution in [3.05, 3.63) is 76.4 Å². The van der Waals surface area contributed by atoms with Crippen molar-refractivity contribution in [3.8, 4) is 11.3 Å². The van der Waals surface area contributed by atoms with Crippen LogP contribution in [0.2, 0.25) is 0 Å². The topological polar surface area (TPSA) is 79.3 Å². The molecule has 0 aliphatic heterocycles. The van der Waals surface area contributed by atoms with E-state index in [1.807, 2.05) is 30.3 Å². The Bertz CT molecular complexity index is 927. The van der Waals surface area contributed by atoms with Gasteiger partial charge in [-0.05, 0) is 6.07 Å². The zero-order valence-corrected chi connectivity index (χ0v) is 14.4. The highest BCUT2D eigenvalue weighted by atomic mass is 32.1. The summed E-state index contributed by atoms with van der Waals surface area (Å²) in [5.41, 5.74) is 1.66. The van der Waals surface area contributed by atoms with Gasteiger partial charge in [-0.15, -0.1) is 11.3 Å². The number of amides is 1. The van der Waals surface area contributed by atoms with Crippen LogP contribution < -0.4 is 5.32 Å². The van der Waals surface area contributed by atoms with Gasteiger partial charge in [0.25, 0.3) is 5.91 Å². The molecule has 0 aliphatic rings. The lowest BCUT2D eigenvalue weighted by Crippen LogP contribution is -2.30. The summed E-state index contributed by atoms with van der Waals surface area (Å²) in [6, 6.07) is 14.2. The number of nitrogens with one attached hydrogen (secondary N) is 1. The number of hydrogen-bond acceptors (Lipinski definition) is 4. The van der Waals surface area contributed by atoms with Crippen molar-refractivity contribution in [2.45, 2.75) is 12.5 Å². The molecule has 1 unspecified atom stereocenters. The second kappa shape index (κ2) is 7.88. The number of benzene rings is 2. The van der Waals surface area contributed by atoms with E-state index in [9.17, 15) is 14.0 Å². The predicted molar refractivity (Wildman–Crippen MR) is 96.4 cm³/mol. The van der Waals surface area contributed by atoms with Gasteiger partial charge in [-0.1, -0.05) is 48.5 Å². The van der Waals surface area contributed by atoms with Crippen LogP contribution in [-0.4, -0.2) is 22.0 Å². The molecule has 3 rings (SSSR count). The van der Waals surface area contributed by atoms with E-state index in [4.69, 9.17) is 5.11 Å². The van der Waals surface area contributed by atoms with Crippen LogP contribution in [0.25, 0.3) is 11.3 Å². The maximum atomic E-state index is 14.0. The van der Waals surface area contributed by atoms with E-state index in [2.05, 4.69) is 10.3 Å². The molecule has 1 amide bonds. The van der Waals surface area contributed by atoms with Crippen molar-refractivity contribution >= 4 is 23.2 Å². The van der Waals surface area contributed by atoms with Crippen molar-refractivity contribution in [3.63, 3.8) is 0 Å². The Balaban J connectivity index is 1.81. The normalized spacial score (nSPS) is 11.7. The van der Waals surface area contributed by atoms with Crippen LogP contribution in [0, 0.1) is 5.82 Å². The first-order chi connectivity index (χ1) is 12.5. The van der Waals surface area contributed by atoms with Crippen molar-refractivity contribution in [2.24, 2.45) is 0 Å². The van der Waals surface area contributed by atoms with Crippen molar-refractivity contribution < 1.29 is 19.1 Å². The van der Waals surface area contributed by atoms with Crippen LogP contribution in [0.3, 0.4) is 0 Å². The lowest BCUT2D eigenvalue weighted by atomic mass is 10.0. The number of aromatic nitrogens is 1. The van der Waals surface area contributed by atoms with E-state index < -0.39 is 30.2 Å². The molecule has 0 aliphatic carbocycles. The molecule has 1 atom stereocenters. The van der Waals surface area contributed by atoms with Gasteiger partial charge in [0.2, 0.25) is 0 Å². The van der Waals surface area contributed by atoms with Gasteiger partial charge in [-0.3, -0.25) is 9.59 Å². The molecule has 0 saturated heterocycles. The Kier molecular flexibility index (Phi) is 5.38. The summed E-state index contributed by atoms with van der Waals surface area (Å²) in [4.78, 5) is 27.9. The standard InChI is InChI=1S/C19H15FN2O3S/c20-14-9-5-4-8-13(14)15(10-17(23)24)21-18(25)19-22-16(11-26-19)12-6-2-1-3-7-12/h1-9,11,15H,10H2,(H,21,25)(H,23,24). The van der Waals surface area contributed by atoms with E-state index in [0.29, 0.717) is 5.69 Å². The molecule has 0 radical (unpaired) electrons. The quantitative estimate of drug-likeness (QED) is 0.690. The predicted octanol–water partition coefficient (Wildman–Crippen LogP) is 3.90. The highest BCUT2D eigenvalue weighted by molar-refractivity contribution is 7.12. The van der Waals surface area contributed by atoms with Crippen molar-refractivity contribution in [1.29, 1.82) is 0 Å². The average Bonchev–Trinajstić information content (AvgIpc) is 3.12. The minimum Gasteiger partial charge on any atom is -0.481 e. The van der Waals surface area contributed by atoms with Crippen molar-refractivity contribution in [1.82, 2.24) is 10.3 Å². The number of hydrogen-bond donors (Lipinski definition) is 2. The van der Waals surface area contributed by atoms with Crippen LogP contribution in [-0.2, 0) is 4.79 Å². The smallest absolute Gasteiger partial charge is 0.305 e. The lowest BCUT2D eigenvalue weighted by Gasteiger charge is -2.17. The molecule has 0 fully saturated rings. The van der Waals surface area contributed by atoms with E-state index in [1.165, 1.54) is 18.2 Å². The zero-order valence-electron chi connectivity index (χ0n) is 13.6. The van der Waals surface area contributed by atoms with Gasteiger partial charge in [-0.25, -0.2) is 9.37 Å². The monoisotopic (exact) mass is 370 g/mol. The highest BCUT2D eigenvalue weighted by Crippen LogP contribution is 2.24. The molecule has 1 heterocycles. The second-order valence-electron chi connectivity index (χ2n) is 5.55. The van der Waals surface area contributed by atoms with Gasteiger partial charge >= 0.3 is 5.97 Å². The van der Waals surface area contributed by atoms with Gasteiger partial charge in [0.05, 0.1) is 18.2 Å². The number of carboxylic acid groups (broad SMARTS) is 1. The SMILES string of the molecule is O=C(O)CC(NC(=O)c1nc(-c2ccccc2)cs1)c1ccccc1F. The summed E-state index contributed by atoms with van der Waals surface area (Å²) >= 11 is 1.15. The van der Waals surface area contributed by atoms with E-state index in [-0.39, 0.29) is 10.6 Å². The van der Waals surface area contributed by atoms with Gasteiger partial charge in [-0.2, -0.15) is 0 Å². The van der Waals surface area contributed by atoms with Crippen molar-refractivity contribution in [2.75, 3.05) is 0 Å². The van der Waals surface area contributed by atoms with Gasteiger partial charge in [0, 0.05) is 16.5 Å². The first-order valence-corrected chi connectivity index (χ1v) is 8.70. The molecule has 0 saturated carbocycles. The summed E-state index contributed by atoms with van der Waals surface area (Å²) in [6.07, 6.45) is -0.427. The number of rotatable bonds is 6. The number of carboxylic acids is 1. The molecule has 2 aromatic carbocycles. The fourth-order valence-electron chi connectivity index (χ4n) is 2.51. The minimum absolute atomic E-state index is 0.128. The highest BCUT2D eigenvalue weighted by Gasteiger charge is 2.23. The number of halogens is 1. The Hall–Kier alpha value is -3.06. The molecule has 0 spiro atoms. The summed E-state index contributed by atoms with van der Waals surface area (Å²) in [6.45, 7) is 0. The van der Waals surface area contributed by atoms with E-state index in [0.717, 1.165) is 16.9 Å². The van der Waals surface area contributed by atoms with Crippen LogP contribution in [0.1, 0.15) is 27.8 Å². The van der Waals surface area contributed by atoms with E-state index in [1.54, 1.807) is 11.4 Å². The largest absolute Gasteiger partial charge is 0.481 e. The molecular formula is C19H15FN2O3S. The molecule has 26 heavy (non-hydrogen) atoms. The molecule has 7 heteroatoms. The summed E-state index contributed by atoms with van der Waals surface area (Å²) in [5.74, 6) is -2.24. The maximum Gasteiger partial charge on any atom is 0.305 e. The number of carbonyl (C=O) groups excluding carboxylic acids is 1. The third-order valence-electron chi connectivity index (χ3n) is 3.73. The van der Waals surface area contributed by atoms with Gasteiger partial charge in [0.1, 0.15) is 5.82 Å². The van der Waals surface area contributed by atoms with Gasteiger partial charge in [0.15, 0.2) is 5.01 Å². The molecule has 1 aromatic heterocycles. The zero-order chi connectivity index (χ0) is 18.5. The Morgan fingerprint density at radius 1 is 1.12 bits per heavy atom. The Labute approximate surface area is 153 Å². The number of carbonyl (C=O) groups is 2. The summed E-state index contributed by atoms with van der Waals surface area (Å²) in [7, 11) is 0. The maximum absolute atomic E-state index is 14.0. The average molecular weight is 370 g/mol. The van der Waals surface area contributed by atoms with Crippen LogP contribution in [0.4, 0.5) is 4.39 Å². The fraction of sp³-hybridized carbons (Fsp3) is 0.105. The first kappa shape index (κ1) is 17.8. The molecule has 0 bridgehead atoms. The van der Waals surface area contributed by atoms with Crippen LogP contribution in [0.15, 0.2) is 60.0 Å². The molecule has 2 N–H and O–H groups in total. The van der Waals surface area contributed by atoms with E-state index >= 15 is 0 Å². The fourth-order valence-corrected chi connectivity index (χ4v) is 3.24. The molecular weight excluding hydrogens is 355 g/mol.